The second-order valence-electron chi connectivity index (χ2n) is 7.44. The lowest BCUT2D eigenvalue weighted by Crippen LogP contribution is -2.32. The summed E-state index contributed by atoms with van der Waals surface area (Å²) in [6.45, 7) is 15.0. The SMILES string of the molecule is CCB(CC)C1=C(c2ccccc2)[Si](Cl)C([Si](C)(C)C)=C1CC. The van der Waals surface area contributed by atoms with E-state index in [1.165, 1.54) is 23.4 Å². The van der Waals surface area contributed by atoms with Gasteiger partial charge in [0.05, 0.1) is 8.07 Å². The van der Waals surface area contributed by atoms with Crippen LogP contribution in [0.5, 0.6) is 0 Å². The molecule has 0 saturated heterocycles. The van der Waals surface area contributed by atoms with Crippen LogP contribution in [0, 0.1) is 0 Å². The van der Waals surface area contributed by atoms with Crippen LogP contribution in [0.2, 0.25) is 32.3 Å². The highest BCUT2D eigenvalue weighted by molar-refractivity contribution is 7.29. The molecule has 0 aromatic heterocycles. The fourth-order valence-electron chi connectivity index (χ4n) is 3.84. The molecule has 2 rings (SSSR count). The van der Waals surface area contributed by atoms with E-state index in [4.69, 9.17) is 11.1 Å². The lowest BCUT2D eigenvalue weighted by Gasteiger charge is -2.24. The van der Waals surface area contributed by atoms with Gasteiger partial charge in [0.25, 0.3) is 0 Å². The van der Waals surface area contributed by atoms with Crippen molar-refractivity contribution >= 4 is 39.2 Å². The van der Waals surface area contributed by atoms with Gasteiger partial charge < -0.3 is 0 Å². The van der Waals surface area contributed by atoms with Crippen molar-refractivity contribution in [1.82, 2.24) is 0 Å². The first-order valence-electron chi connectivity index (χ1n) is 8.93. The summed E-state index contributed by atoms with van der Waals surface area (Å²) >= 11 is 7.21. The van der Waals surface area contributed by atoms with Crippen molar-refractivity contribution in [2.24, 2.45) is 0 Å². The minimum Gasteiger partial charge on any atom is -0.157 e. The molecule has 0 amide bonds. The Morgan fingerprint density at radius 3 is 2.00 bits per heavy atom. The molecule has 1 aromatic rings. The van der Waals surface area contributed by atoms with Crippen LogP contribution in [0.4, 0.5) is 0 Å². The van der Waals surface area contributed by atoms with Gasteiger partial charge in [-0.2, -0.15) is 11.1 Å². The Balaban J connectivity index is 2.71. The molecule has 0 nitrogen and oxygen atoms in total. The summed E-state index contributed by atoms with van der Waals surface area (Å²) in [5, 5.41) is 1.50. The largest absolute Gasteiger partial charge is 0.226 e. The quantitative estimate of drug-likeness (QED) is 0.406. The molecule has 0 bridgehead atoms. The van der Waals surface area contributed by atoms with Crippen molar-refractivity contribution in [3.05, 3.63) is 51.8 Å². The molecule has 1 aliphatic rings. The topological polar surface area (TPSA) is 0 Å². The van der Waals surface area contributed by atoms with E-state index >= 15 is 0 Å². The second-order valence-corrected chi connectivity index (χ2v) is 15.7. The number of hydrogen-bond donors (Lipinski definition) is 0. The van der Waals surface area contributed by atoms with Crippen molar-refractivity contribution in [3.8, 4) is 0 Å². The zero-order valence-corrected chi connectivity index (χ0v) is 18.2. The molecule has 0 spiro atoms. The molecule has 0 aliphatic carbocycles. The highest BCUT2D eigenvalue weighted by Crippen LogP contribution is 2.45. The maximum absolute atomic E-state index is 7.21. The number of hydrogen-bond acceptors (Lipinski definition) is 0. The number of rotatable bonds is 6. The molecule has 1 aliphatic heterocycles. The molecular weight excluding hydrogens is 331 g/mol. The van der Waals surface area contributed by atoms with Gasteiger partial charge in [-0.05, 0) is 17.2 Å². The van der Waals surface area contributed by atoms with Gasteiger partial charge in [-0.15, -0.1) is 0 Å². The lowest BCUT2D eigenvalue weighted by atomic mass is 9.39. The van der Waals surface area contributed by atoms with Crippen molar-refractivity contribution in [3.63, 3.8) is 0 Å². The van der Waals surface area contributed by atoms with Crippen LogP contribution in [-0.4, -0.2) is 22.9 Å². The lowest BCUT2D eigenvalue weighted by molar-refractivity contribution is 1.13. The molecule has 1 heterocycles. The Hall–Kier alpha value is -0.511. The third-order valence-electron chi connectivity index (χ3n) is 4.90. The van der Waals surface area contributed by atoms with Crippen molar-refractivity contribution in [2.75, 3.05) is 0 Å². The van der Waals surface area contributed by atoms with Gasteiger partial charge in [0.1, 0.15) is 0 Å². The molecule has 0 atom stereocenters. The summed E-state index contributed by atoms with van der Waals surface area (Å²) in [6, 6.07) is 10.9. The Bertz CT molecular complexity index is 610. The molecule has 0 N–H and O–H groups in total. The minimum absolute atomic E-state index is 0.646. The van der Waals surface area contributed by atoms with E-state index < -0.39 is 16.2 Å². The third kappa shape index (κ3) is 3.62. The molecule has 1 aromatic carbocycles. The molecule has 0 unspecified atom stereocenters. The summed E-state index contributed by atoms with van der Waals surface area (Å²) in [7, 11) is -2.53. The van der Waals surface area contributed by atoms with Gasteiger partial charge in [-0.1, -0.05) is 99.2 Å². The maximum atomic E-state index is 7.21. The first-order chi connectivity index (χ1) is 10.9. The molecule has 1 radical (unpaired) electrons. The Morgan fingerprint density at radius 2 is 1.57 bits per heavy atom. The molecule has 123 valence electrons. The van der Waals surface area contributed by atoms with Crippen LogP contribution in [0.3, 0.4) is 0 Å². The van der Waals surface area contributed by atoms with Crippen LogP contribution >= 0.6 is 11.1 Å². The normalized spacial score (nSPS) is 16.5. The van der Waals surface area contributed by atoms with Gasteiger partial charge in [0, 0.05) is 0 Å². The van der Waals surface area contributed by atoms with Crippen molar-refractivity contribution in [2.45, 2.75) is 59.5 Å². The molecule has 0 fully saturated rings. The van der Waals surface area contributed by atoms with Gasteiger partial charge in [-0.3, -0.25) is 0 Å². The van der Waals surface area contributed by atoms with E-state index in [0.717, 1.165) is 6.42 Å². The van der Waals surface area contributed by atoms with Crippen LogP contribution in [0.25, 0.3) is 5.20 Å². The van der Waals surface area contributed by atoms with Gasteiger partial charge in [0.15, 0.2) is 6.71 Å². The fourth-order valence-corrected chi connectivity index (χ4v) is 13.4. The van der Waals surface area contributed by atoms with E-state index in [9.17, 15) is 0 Å². The van der Waals surface area contributed by atoms with E-state index in [1.54, 1.807) is 15.9 Å². The zero-order valence-electron chi connectivity index (χ0n) is 15.5. The molecule has 4 heteroatoms. The highest BCUT2D eigenvalue weighted by atomic mass is 35.6. The van der Waals surface area contributed by atoms with Crippen LogP contribution in [0.15, 0.2) is 46.2 Å². The summed E-state index contributed by atoms with van der Waals surface area (Å²) in [4.78, 5) is 1.67. The number of benzene rings is 1. The molecular formula is C19H29BClSi2. The van der Waals surface area contributed by atoms with E-state index in [2.05, 4.69) is 70.7 Å². The zero-order chi connectivity index (χ0) is 17.2. The second kappa shape index (κ2) is 7.58. The number of allylic oxidation sites excluding steroid dienone is 2. The first kappa shape index (κ1) is 18.8. The van der Waals surface area contributed by atoms with E-state index in [1.807, 2.05) is 0 Å². The predicted octanol–water partition coefficient (Wildman–Crippen LogP) is 6.42. The smallest absolute Gasteiger partial charge is 0.157 e. The number of halogens is 1. The third-order valence-corrected chi connectivity index (χ3v) is 13.0. The fraction of sp³-hybridized carbons (Fsp3) is 0.474. The van der Waals surface area contributed by atoms with E-state index in [0.29, 0.717) is 6.71 Å². The maximum Gasteiger partial charge on any atom is 0.226 e. The monoisotopic (exact) mass is 359 g/mol. The average molecular weight is 360 g/mol. The molecule has 0 saturated carbocycles. The Kier molecular flexibility index (Phi) is 6.21. The van der Waals surface area contributed by atoms with Gasteiger partial charge in [0.2, 0.25) is 8.11 Å². The summed E-state index contributed by atoms with van der Waals surface area (Å²) in [5.74, 6) is 0. The molecule has 23 heavy (non-hydrogen) atoms. The van der Waals surface area contributed by atoms with Crippen molar-refractivity contribution < 1.29 is 0 Å². The summed E-state index contributed by atoms with van der Waals surface area (Å²) in [6.07, 6.45) is 3.54. The Labute approximate surface area is 150 Å². The average Bonchev–Trinajstić information content (AvgIpc) is 2.82. The van der Waals surface area contributed by atoms with Crippen LogP contribution < -0.4 is 0 Å². The van der Waals surface area contributed by atoms with Crippen molar-refractivity contribution in [1.29, 1.82) is 0 Å². The standard InChI is InChI=1S/C19H29BClSi2/c1-7-16-17(20(8-2)9-3)18(15-13-11-10-12-14-15)22(21)19(16)23(4,5)6/h10-14H,7-9H2,1-6H3. The first-order valence-corrected chi connectivity index (χ1v) is 14.9. The van der Waals surface area contributed by atoms with Gasteiger partial charge in [-0.25, -0.2) is 0 Å². The summed E-state index contributed by atoms with van der Waals surface area (Å²) < 4.78 is 0. The van der Waals surface area contributed by atoms with E-state index in [-0.39, 0.29) is 0 Å². The minimum atomic E-state index is -1.41. The predicted molar refractivity (Wildman–Crippen MR) is 112 cm³/mol. The van der Waals surface area contributed by atoms with Crippen LogP contribution in [-0.2, 0) is 0 Å². The highest BCUT2D eigenvalue weighted by Gasteiger charge is 2.42. The van der Waals surface area contributed by atoms with Gasteiger partial charge >= 0.3 is 0 Å². The van der Waals surface area contributed by atoms with Crippen LogP contribution in [0.1, 0.15) is 32.8 Å². The summed E-state index contributed by atoms with van der Waals surface area (Å²) in [5.41, 5.74) is 4.60. The Morgan fingerprint density at radius 1 is 1.00 bits per heavy atom.